The molecule has 3 unspecified atom stereocenters. The maximum Gasteiger partial charge on any atom is 0.123 e. The van der Waals surface area contributed by atoms with E-state index < -0.39 is 5.60 Å². The Labute approximate surface area is 89.9 Å². The molecule has 1 aliphatic heterocycles. The molecule has 1 aliphatic carbocycles. The van der Waals surface area contributed by atoms with Crippen LogP contribution in [-0.2, 0) is 0 Å². The number of fused-ring (bicyclic) bond motifs is 1. The molecule has 80 valence electrons. The summed E-state index contributed by atoms with van der Waals surface area (Å²) in [6.45, 7) is 2.79. The van der Waals surface area contributed by atoms with Crippen molar-refractivity contribution < 1.29 is 9.84 Å². The van der Waals surface area contributed by atoms with E-state index in [-0.39, 0.29) is 5.92 Å². The van der Waals surface area contributed by atoms with Crippen LogP contribution in [0, 0.1) is 5.92 Å². The van der Waals surface area contributed by atoms with E-state index in [0.717, 1.165) is 18.6 Å². The quantitative estimate of drug-likeness (QED) is 0.801. The van der Waals surface area contributed by atoms with Gasteiger partial charge < -0.3 is 9.84 Å². The fraction of sp³-hybridized carbons (Fsp3) is 0.538. The van der Waals surface area contributed by atoms with Crippen molar-refractivity contribution in [2.24, 2.45) is 5.92 Å². The Bertz CT molecular complexity index is 388. The van der Waals surface area contributed by atoms with E-state index in [4.69, 9.17) is 4.74 Å². The molecule has 1 saturated carbocycles. The van der Waals surface area contributed by atoms with Crippen LogP contribution in [0.1, 0.15) is 31.2 Å². The van der Waals surface area contributed by atoms with Gasteiger partial charge in [-0.3, -0.25) is 0 Å². The smallest absolute Gasteiger partial charge is 0.123 e. The predicted molar refractivity (Wildman–Crippen MR) is 58.0 cm³/mol. The lowest BCUT2D eigenvalue weighted by Crippen LogP contribution is -2.23. The molecule has 1 aromatic carbocycles. The average Bonchev–Trinajstić information content (AvgIpc) is 2.76. The van der Waals surface area contributed by atoms with Gasteiger partial charge in [0.05, 0.1) is 18.1 Å². The molecule has 2 aliphatic rings. The number of hydrogen-bond acceptors (Lipinski definition) is 2. The average molecular weight is 204 g/mol. The second-order valence-corrected chi connectivity index (χ2v) is 4.70. The molecule has 0 amide bonds. The summed E-state index contributed by atoms with van der Waals surface area (Å²) in [4.78, 5) is 0. The van der Waals surface area contributed by atoms with Gasteiger partial charge in [-0.25, -0.2) is 0 Å². The minimum atomic E-state index is -0.485. The summed E-state index contributed by atoms with van der Waals surface area (Å²) in [5.74, 6) is 1.62. The van der Waals surface area contributed by atoms with Crippen LogP contribution in [0.3, 0.4) is 0 Å². The summed E-state index contributed by atoms with van der Waals surface area (Å²) in [6.07, 6.45) is 2.00. The number of hydrogen-bond donors (Lipinski definition) is 1. The van der Waals surface area contributed by atoms with E-state index in [1.54, 1.807) is 0 Å². The molecule has 2 nitrogen and oxygen atoms in total. The van der Waals surface area contributed by atoms with Crippen LogP contribution in [0.5, 0.6) is 5.75 Å². The van der Waals surface area contributed by atoms with Crippen molar-refractivity contribution in [3.8, 4) is 5.75 Å². The third-order valence-electron chi connectivity index (χ3n) is 3.92. The molecule has 0 spiro atoms. The van der Waals surface area contributed by atoms with E-state index >= 15 is 0 Å². The van der Waals surface area contributed by atoms with Gasteiger partial charge in [-0.2, -0.15) is 0 Å². The summed E-state index contributed by atoms with van der Waals surface area (Å²) >= 11 is 0. The van der Waals surface area contributed by atoms with Crippen molar-refractivity contribution in [2.45, 2.75) is 31.3 Å². The zero-order valence-corrected chi connectivity index (χ0v) is 8.94. The fourth-order valence-corrected chi connectivity index (χ4v) is 2.84. The van der Waals surface area contributed by atoms with Crippen LogP contribution in [0.2, 0.25) is 0 Å². The molecule has 1 N–H and O–H groups in total. The van der Waals surface area contributed by atoms with Crippen LogP contribution in [0.25, 0.3) is 0 Å². The standard InChI is InChI=1S/C13H16O2/c1-2-9-7-13(9,14)11-8-15-12-6-4-3-5-10(11)12/h3-6,9,11,14H,2,7-8H2,1H3. The zero-order valence-electron chi connectivity index (χ0n) is 8.94. The van der Waals surface area contributed by atoms with Gasteiger partial charge in [-0.15, -0.1) is 0 Å². The molecule has 3 rings (SSSR count). The minimum absolute atomic E-state index is 0.193. The molecule has 0 bridgehead atoms. The Kier molecular flexibility index (Phi) is 1.84. The Morgan fingerprint density at radius 2 is 2.27 bits per heavy atom. The second-order valence-electron chi connectivity index (χ2n) is 4.70. The topological polar surface area (TPSA) is 29.5 Å². The van der Waals surface area contributed by atoms with Crippen LogP contribution in [0.4, 0.5) is 0 Å². The van der Waals surface area contributed by atoms with Crippen LogP contribution < -0.4 is 4.74 Å². The molecule has 3 atom stereocenters. The Balaban J connectivity index is 1.92. The molecular formula is C13H16O2. The molecule has 15 heavy (non-hydrogen) atoms. The van der Waals surface area contributed by atoms with Crippen LogP contribution in [-0.4, -0.2) is 17.3 Å². The van der Waals surface area contributed by atoms with Crippen molar-refractivity contribution in [3.05, 3.63) is 29.8 Å². The summed E-state index contributed by atoms with van der Waals surface area (Å²) in [7, 11) is 0. The first kappa shape index (κ1) is 9.22. The van der Waals surface area contributed by atoms with Crippen molar-refractivity contribution in [2.75, 3.05) is 6.61 Å². The number of rotatable bonds is 2. The first-order valence-electron chi connectivity index (χ1n) is 5.70. The van der Waals surface area contributed by atoms with Gasteiger partial charge in [-0.05, 0) is 18.4 Å². The monoisotopic (exact) mass is 204 g/mol. The first-order valence-corrected chi connectivity index (χ1v) is 5.70. The number of para-hydroxylation sites is 1. The lowest BCUT2D eigenvalue weighted by Gasteiger charge is -2.17. The minimum Gasteiger partial charge on any atom is -0.493 e. The predicted octanol–water partition coefficient (Wildman–Crippen LogP) is 2.32. The molecule has 2 heteroatoms. The summed E-state index contributed by atoms with van der Waals surface area (Å²) in [6, 6.07) is 8.07. The van der Waals surface area contributed by atoms with E-state index in [2.05, 4.69) is 13.0 Å². The highest BCUT2D eigenvalue weighted by Crippen LogP contribution is 2.57. The summed E-state index contributed by atoms with van der Waals surface area (Å²) in [5.41, 5.74) is 0.706. The van der Waals surface area contributed by atoms with Crippen LogP contribution in [0.15, 0.2) is 24.3 Å². The Hall–Kier alpha value is -1.02. The van der Waals surface area contributed by atoms with E-state index in [9.17, 15) is 5.11 Å². The largest absolute Gasteiger partial charge is 0.493 e. The van der Waals surface area contributed by atoms with E-state index in [1.165, 1.54) is 5.56 Å². The molecule has 1 heterocycles. The maximum absolute atomic E-state index is 10.5. The maximum atomic E-state index is 10.5. The molecular weight excluding hydrogens is 188 g/mol. The number of ether oxygens (including phenoxy) is 1. The molecule has 0 radical (unpaired) electrons. The van der Waals surface area contributed by atoms with Gasteiger partial charge in [0.2, 0.25) is 0 Å². The highest BCUT2D eigenvalue weighted by molar-refractivity contribution is 5.43. The highest BCUT2D eigenvalue weighted by atomic mass is 16.5. The number of aliphatic hydroxyl groups is 1. The van der Waals surface area contributed by atoms with Crippen molar-refractivity contribution in [1.29, 1.82) is 0 Å². The van der Waals surface area contributed by atoms with E-state index in [1.807, 2.05) is 18.2 Å². The second kappa shape index (κ2) is 2.99. The Morgan fingerprint density at radius 1 is 1.47 bits per heavy atom. The normalized spacial score (nSPS) is 37.2. The van der Waals surface area contributed by atoms with E-state index in [0.29, 0.717) is 12.5 Å². The van der Waals surface area contributed by atoms with Gasteiger partial charge >= 0.3 is 0 Å². The van der Waals surface area contributed by atoms with Crippen molar-refractivity contribution in [1.82, 2.24) is 0 Å². The first-order chi connectivity index (χ1) is 7.25. The number of benzene rings is 1. The SMILES string of the molecule is CCC1CC1(O)C1COc2ccccc21. The molecule has 1 aromatic rings. The van der Waals surface area contributed by atoms with Crippen molar-refractivity contribution in [3.63, 3.8) is 0 Å². The van der Waals surface area contributed by atoms with Crippen molar-refractivity contribution >= 4 is 0 Å². The van der Waals surface area contributed by atoms with Gasteiger partial charge in [-0.1, -0.05) is 31.5 Å². The van der Waals surface area contributed by atoms with Gasteiger partial charge in [0.1, 0.15) is 5.75 Å². The highest BCUT2D eigenvalue weighted by Gasteiger charge is 2.58. The third kappa shape index (κ3) is 1.21. The molecule has 1 fully saturated rings. The lowest BCUT2D eigenvalue weighted by molar-refractivity contribution is 0.0878. The Morgan fingerprint density at radius 3 is 3.00 bits per heavy atom. The molecule has 0 aromatic heterocycles. The summed E-state index contributed by atoms with van der Waals surface area (Å²) < 4.78 is 5.61. The fourth-order valence-electron chi connectivity index (χ4n) is 2.84. The van der Waals surface area contributed by atoms with Gasteiger partial charge in [0.25, 0.3) is 0 Å². The zero-order chi connectivity index (χ0) is 10.5. The summed E-state index contributed by atoms with van der Waals surface area (Å²) in [5, 5.41) is 10.5. The molecule has 0 saturated heterocycles. The third-order valence-corrected chi connectivity index (χ3v) is 3.92. The lowest BCUT2D eigenvalue weighted by atomic mass is 9.91. The van der Waals surface area contributed by atoms with Gasteiger partial charge in [0.15, 0.2) is 0 Å². The van der Waals surface area contributed by atoms with Crippen LogP contribution >= 0.6 is 0 Å². The van der Waals surface area contributed by atoms with Gasteiger partial charge in [0, 0.05) is 5.56 Å².